The summed E-state index contributed by atoms with van der Waals surface area (Å²) in [5.41, 5.74) is -0.00959. The van der Waals surface area contributed by atoms with E-state index in [1.54, 1.807) is 12.1 Å². The fraction of sp³-hybridized carbons (Fsp3) is 0.429. The van der Waals surface area contributed by atoms with E-state index in [2.05, 4.69) is 10.6 Å². The molecule has 6 heteroatoms. The van der Waals surface area contributed by atoms with Crippen molar-refractivity contribution < 1.29 is 14.7 Å². The molecular formula is C14H19ClN2O3. The monoisotopic (exact) mass is 298 g/mol. The van der Waals surface area contributed by atoms with Gasteiger partial charge in [-0.1, -0.05) is 37.1 Å². The molecule has 0 spiro atoms. The van der Waals surface area contributed by atoms with Crippen LogP contribution in [0.2, 0.25) is 5.02 Å². The van der Waals surface area contributed by atoms with Gasteiger partial charge in [-0.3, -0.25) is 0 Å². The quantitative estimate of drug-likeness (QED) is 0.779. The van der Waals surface area contributed by atoms with Gasteiger partial charge >= 0.3 is 12.0 Å². The zero-order valence-electron chi connectivity index (χ0n) is 11.8. The van der Waals surface area contributed by atoms with E-state index in [9.17, 15) is 14.7 Å². The normalized spacial score (nSPS) is 13.4. The number of carbonyl (C=O) groups excluding carboxylic acids is 1. The highest BCUT2D eigenvalue weighted by Crippen LogP contribution is 2.25. The van der Waals surface area contributed by atoms with Gasteiger partial charge in [0.1, 0.15) is 5.54 Å². The van der Waals surface area contributed by atoms with E-state index in [1.807, 2.05) is 19.9 Å². The molecule has 1 aromatic carbocycles. The molecule has 0 heterocycles. The Bertz CT molecular complexity index is 499. The number of nitrogens with one attached hydrogen (secondary N) is 2. The van der Waals surface area contributed by atoms with Crippen LogP contribution in [-0.4, -0.2) is 22.6 Å². The largest absolute Gasteiger partial charge is 0.480 e. The minimum absolute atomic E-state index is 0.345. The molecule has 110 valence electrons. The average Bonchev–Trinajstić information content (AvgIpc) is 2.34. The molecule has 0 aromatic heterocycles. The van der Waals surface area contributed by atoms with Crippen molar-refractivity contribution in [1.29, 1.82) is 0 Å². The van der Waals surface area contributed by atoms with Gasteiger partial charge < -0.3 is 15.7 Å². The minimum atomic E-state index is -1.30. The molecule has 0 saturated heterocycles. The smallest absolute Gasteiger partial charge is 0.329 e. The highest BCUT2D eigenvalue weighted by molar-refractivity contribution is 6.33. The fourth-order valence-electron chi connectivity index (χ4n) is 1.91. The van der Waals surface area contributed by atoms with Crippen LogP contribution in [0.4, 0.5) is 10.5 Å². The molecule has 0 aliphatic carbocycles. The summed E-state index contributed by atoms with van der Waals surface area (Å²) in [6.07, 6.45) is 0.992. The van der Waals surface area contributed by atoms with Crippen LogP contribution in [0.15, 0.2) is 18.2 Å². The lowest BCUT2D eigenvalue weighted by molar-refractivity contribution is -0.143. The number of hydrogen-bond donors (Lipinski definition) is 3. The van der Waals surface area contributed by atoms with Crippen molar-refractivity contribution in [2.45, 2.75) is 39.2 Å². The summed E-state index contributed by atoms with van der Waals surface area (Å²) in [7, 11) is 0. The predicted octanol–water partition coefficient (Wildman–Crippen LogP) is 3.41. The van der Waals surface area contributed by atoms with Crippen molar-refractivity contribution in [1.82, 2.24) is 5.32 Å². The Morgan fingerprint density at radius 3 is 2.55 bits per heavy atom. The summed E-state index contributed by atoms with van der Waals surface area (Å²) >= 11 is 6.01. The first-order valence-corrected chi connectivity index (χ1v) is 6.75. The maximum absolute atomic E-state index is 12.0. The van der Waals surface area contributed by atoms with Crippen molar-refractivity contribution in [3.05, 3.63) is 28.8 Å². The zero-order chi connectivity index (χ0) is 15.3. The summed E-state index contributed by atoms with van der Waals surface area (Å²) in [6.45, 7) is 5.15. The molecule has 0 aliphatic heterocycles. The molecule has 0 radical (unpaired) electrons. The number of anilines is 1. The average molecular weight is 299 g/mol. The van der Waals surface area contributed by atoms with Gasteiger partial charge in [-0.25, -0.2) is 9.59 Å². The first-order valence-electron chi connectivity index (χ1n) is 6.38. The first-order chi connectivity index (χ1) is 9.30. The second kappa shape index (κ2) is 6.61. The Balaban J connectivity index is 2.84. The molecule has 1 atom stereocenters. The number of rotatable bonds is 5. The van der Waals surface area contributed by atoms with E-state index in [0.29, 0.717) is 23.6 Å². The molecule has 0 fully saturated rings. The minimum Gasteiger partial charge on any atom is -0.480 e. The van der Waals surface area contributed by atoms with Crippen LogP contribution >= 0.6 is 11.6 Å². The summed E-state index contributed by atoms with van der Waals surface area (Å²) in [5.74, 6) is -1.06. The third-order valence-corrected chi connectivity index (χ3v) is 3.39. The maximum Gasteiger partial charge on any atom is 0.329 e. The van der Waals surface area contributed by atoms with Gasteiger partial charge in [-0.2, -0.15) is 0 Å². The highest BCUT2D eigenvalue weighted by atomic mass is 35.5. The second-order valence-corrected chi connectivity index (χ2v) is 5.31. The van der Waals surface area contributed by atoms with Gasteiger partial charge in [0.05, 0.1) is 10.7 Å². The first kappa shape index (κ1) is 16.3. The van der Waals surface area contributed by atoms with Crippen LogP contribution in [0, 0.1) is 6.92 Å². The van der Waals surface area contributed by atoms with Gasteiger partial charge in [-0.15, -0.1) is 0 Å². The highest BCUT2D eigenvalue weighted by Gasteiger charge is 2.33. The summed E-state index contributed by atoms with van der Waals surface area (Å²) in [5, 5.41) is 14.7. The van der Waals surface area contributed by atoms with E-state index in [-0.39, 0.29) is 0 Å². The number of hydrogen-bond acceptors (Lipinski definition) is 2. The standard InChI is InChI=1S/C14H19ClN2O3/c1-4-8-14(3,12(18)19)17-13(20)16-11-9(2)6-5-7-10(11)15/h5-7H,4,8H2,1-3H3,(H,18,19)(H2,16,17,20). The zero-order valence-corrected chi connectivity index (χ0v) is 12.5. The number of urea groups is 1. The van der Waals surface area contributed by atoms with Crippen molar-refractivity contribution in [2.24, 2.45) is 0 Å². The van der Waals surface area contributed by atoms with Gasteiger partial charge in [0.25, 0.3) is 0 Å². The van der Waals surface area contributed by atoms with Crippen LogP contribution in [0.3, 0.4) is 0 Å². The van der Waals surface area contributed by atoms with E-state index in [0.717, 1.165) is 5.56 Å². The molecule has 0 bridgehead atoms. The Hall–Kier alpha value is -1.75. The van der Waals surface area contributed by atoms with Gasteiger partial charge in [0.15, 0.2) is 0 Å². The SMILES string of the molecule is CCCC(C)(NC(=O)Nc1c(C)cccc1Cl)C(=O)O. The predicted molar refractivity (Wildman–Crippen MR) is 79.3 cm³/mol. The van der Waals surface area contributed by atoms with E-state index >= 15 is 0 Å². The number of carbonyl (C=O) groups is 2. The van der Waals surface area contributed by atoms with Crippen LogP contribution in [0.25, 0.3) is 0 Å². The number of carboxylic acids is 1. The van der Waals surface area contributed by atoms with Gasteiger partial charge in [-0.05, 0) is 31.9 Å². The molecule has 5 nitrogen and oxygen atoms in total. The van der Waals surface area contributed by atoms with Crippen LogP contribution in [-0.2, 0) is 4.79 Å². The maximum atomic E-state index is 12.0. The number of aliphatic carboxylic acids is 1. The Labute approximate surface area is 123 Å². The lowest BCUT2D eigenvalue weighted by Crippen LogP contribution is -2.53. The number of carboxylic acid groups (broad SMARTS) is 1. The van der Waals surface area contributed by atoms with Crippen molar-refractivity contribution >= 4 is 29.3 Å². The molecule has 1 unspecified atom stereocenters. The molecule has 3 N–H and O–H groups in total. The Morgan fingerprint density at radius 2 is 2.05 bits per heavy atom. The third kappa shape index (κ3) is 3.87. The van der Waals surface area contributed by atoms with Crippen molar-refractivity contribution in [3.8, 4) is 0 Å². The Kier molecular flexibility index (Phi) is 5.39. The molecular weight excluding hydrogens is 280 g/mol. The topological polar surface area (TPSA) is 78.4 Å². The van der Waals surface area contributed by atoms with Gasteiger partial charge in [0, 0.05) is 0 Å². The molecule has 2 amide bonds. The van der Waals surface area contributed by atoms with E-state index in [4.69, 9.17) is 11.6 Å². The lowest BCUT2D eigenvalue weighted by atomic mass is 9.97. The Morgan fingerprint density at radius 1 is 1.40 bits per heavy atom. The molecule has 0 aliphatic rings. The number of aryl methyl sites for hydroxylation is 1. The molecule has 0 saturated carbocycles. The summed E-state index contributed by atoms with van der Waals surface area (Å²) in [6, 6.07) is 4.66. The van der Waals surface area contributed by atoms with E-state index < -0.39 is 17.5 Å². The van der Waals surface area contributed by atoms with Crippen LogP contribution in [0.5, 0.6) is 0 Å². The van der Waals surface area contributed by atoms with E-state index in [1.165, 1.54) is 6.92 Å². The lowest BCUT2D eigenvalue weighted by Gasteiger charge is -2.26. The molecule has 1 rings (SSSR count). The number of para-hydroxylation sites is 1. The van der Waals surface area contributed by atoms with Crippen LogP contribution < -0.4 is 10.6 Å². The number of benzene rings is 1. The summed E-state index contributed by atoms with van der Waals surface area (Å²) in [4.78, 5) is 23.2. The number of amides is 2. The summed E-state index contributed by atoms with van der Waals surface area (Å²) < 4.78 is 0. The second-order valence-electron chi connectivity index (χ2n) is 4.90. The molecule has 1 aromatic rings. The fourth-order valence-corrected chi connectivity index (χ4v) is 2.18. The van der Waals surface area contributed by atoms with Crippen LogP contribution in [0.1, 0.15) is 32.3 Å². The van der Waals surface area contributed by atoms with Gasteiger partial charge in [0.2, 0.25) is 0 Å². The molecule has 20 heavy (non-hydrogen) atoms. The van der Waals surface area contributed by atoms with Crippen molar-refractivity contribution in [3.63, 3.8) is 0 Å². The third-order valence-electron chi connectivity index (χ3n) is 3.07. The van der Waals surface area contributed by atoms with Crippen molar-refractivity contribution in [2.75, 3.05) is 5.32 Å². The number of halogens is 1.